The smallest absolute Gasteiger partial charge is 0.323 e. The van der Waals surface area contributed by atoms with Gasteiger partial charge in [-0.25, -0.2) is 14.8 Å². The average Bonchev–Trinajstić information content (AvgIpc) is 2.97. The van der Waals surface area contributed by atoms with Gasteiger partial charge in [0.1, 0.15) is 18.1 Å². The molecule has 3 aromatic rings. The zero-order chi connectivity index (χ0) is 26.5. The fourth-order valence-electron chi connectivity index (χ4n) is 4.06. The van der Waals surface area contributed by atoms with E-state index in [-0.39, 0.29) is 5.91 Å². The van der Waals surface area contributed by atoms with Crippen molar-refractivity contribution in [3.05, 3.63) is 65.5 Å². The number of aromatic nitrogens is 2. The number of carbonyl (C=O) groups is 3. The molecule has 192 valence electrons. The number of aliphatic carboxylic acids is 1. The SMILES string of the molecule is CCN1c2ncc(CCOc3ccc(NC(=O)NCC(=O)O)cc3C)cc2C(=O)N(C)c2cccnc21. The Morgan fingerprint density at radius 1 is 1.14 bits per heavy atom. The molecule has 11 nitrogen and oxygen atoms in total. The lowest BCUT2D eigenvalue weighted by Crippen LogP contribution is -2.33. The van der Waals surface area contributed by atoms with E-state index in [1.807, 2.05) is 30.9 Å². The number of nitrogens with one attached hydrogen (secondary N) is 2. The topological polar surface area (TPSA) is 137 Å². The Labute approximate surface area is 214 Å². The number of hydrogen-bond donors (Lipinski definition) is 3. The summed E-state index contributed by atoms with van der Waals surface area (Å²) in [7, 11) is 1.73. The average molecular weight is 505 g/mol. The second kappa shape index (κ2) is 10.9. The van der Waals surface area contributed by atoms with Gasteiger partial charge in [0.15, 0.2) is 5.82 Å². The number of carbonyl (C=O) groups excluding carboxylic acids is 2. The summed E-state index contributed by atoms with van der Waals surface area (Å²) in [5.74, 6) is 0.639. The van der Waals surface area contributed by atoms with Crippen molar-refractivity contribution in [1.29, 1.82) is 0 Å². The van der Waals surface area contributed by atoms with Gasteiger partial charge in [-0.1, -0.05) is 0 Å². The number of benzene rings is 1. The molecule has 3 heterocycles. The van der Waals surface area contributed by atoms with Crippen LogP contribution in [0.15, 0.2) is 48.8 Å². The Balaban J connectivity index is 1.43. The van der Waals surface area contributed by atoms with Gasteiger partial charge in [0, 0.05) is 38.1 Å². The number of carboxylic acid groups (broad SMARTS) is 1. The number of urea groups is 1. The second-order valence-electron chi connectivity index (χ2n) is 8.45. The first-order valence-electron chi connectivity index (χ1n) is 11.8. The van der Waals surface area contributed by atoms with E-state index in [1.165, 1.54) is 0 Å². The van der Waals surface area contributed by atoms with E-state index in [0.29, 0.717) is 48.2 Å². The minimum Gasteiger partial charge on any atom is -0.493 e. The van der Waals surface area contributed by atoms with Crippen LogP contribution in [-0.4, -0.2) is 59.7 Å². The third kappa shape index (κ3) is 5.61. The van der Waals surface area contributed by atoms with Crippen molar-refractivity contribution in [3.63, 3.8) is 0 Å². The zero-order valence-electron chi connectivity index (χ0n) is 20.8. The van der Waals surface area contributed by atoms with Crippen molar-refractivity contribution in [3.8, 4) is 5.75 Å². The first kappa shape index (κ1) is 25.4. The number of ether oxygens (including phenoxy) is 1. The van der Waals surface area contributed by atoms with Crippen molar-refractivity contribution in [2.75, 3.05) is 41.9 Å². The van der Waals surface area contributed by atoms with Crippen LogP contribution in [0.2, 0.25) is 0 Å². The van der Waals surface area contributed by atoms with Crippen LogP contribution in [0.1, 0.15) is 28.4 Å². The summed E-state index contributed by atoms with van der Waals surface area (Å²) in [6.07, 6.45) is 3.99. The van der Waals surface area contributed by atoms with Crippen LogP contribution in [-0.2, 0) is 11.2 Å². The van der Waals surface area contributed by atoms with Crippen molar-refractivity contribution in [1.82, 2.24) is 15.3 Å². The van der Waals surface area contributed by atoms with Crippen LogP contribution < -0.4 is 25.2 Å². The molecule has 0 saturated carbocycles. The fraction of sp³-hybridized carbons (Fsp3) is 0.269. The molecule has 0 spiro atoms. The van der Waals surface area contributed by atoms with E-state index in [1.54, 1.807) is 48.6 Å². The normalized spacial score (nSPS) is 12.4. The number of anilines is 4. The predicted molar refractivity (Wildman–Crippen MR) is 139 cm³/mol. The molecule has 1 aliphatic rings. The highest BCUT2D eigenvalue weighted by Crippen LogP contribution is 2.37. The van der Waals surface area contributed by atoms with Crippen molar-refractivity contribution in [2.45, 2.75) is 20.3 Å². The molecular formula is C26H28N6O5. The molecule has 0 saturated heterocycles. The number of fused-ring (bicyclic) bond motifs is 2. The van der Waals surface area contributed by atoms with Gasteiger partial charge in [-0.05, 0) is 61.4 Å². The van der Waals surface area contributed by atoms with Crippen molar-refractivity contribution < 1.29 is 24.2 Å². The first-order chi connectivity index (χ1) is 17.8. The van der Waals surface area contributed by atoms with E-state index in [4.69, 9.17) is 9.84 Å². The Bertz CT molecular complexity index is 1340. The van der Waals surface area contributed by atoms with E-state index >= 15 is 0 Å². The van der Waals surface area contributed by atoms with Gasteiger partial charge in [0.2, 0.25) is 0 Å². The number of nitrogens with zero attached hydrogens (tertiary/aromatic N) is 4. The van der Waals surface area contributed by atoms with Crippen LogP contribution >= 0.6 is 0 Å². The van der Waals surface area contributed by atoms with Gasteiger partial charge >= 0.3 is 12.0 Å². The fourth-order valence-corrected chi connectivity index (χ4v) is 4.06. The van der Waals surface area contributed by atoms with Crippen LogP contribution in [0.3, 0.4) is 0 Å². The van der Waals surface area contributed by atoms with Crippen molar-refractivity contribution in [2.24, 2.45) is 0 Å². The second-order valence-corrected chi connectivity index (χ2v) is 8.45. The minimum absolute atomic E-state index is 0.151. The summed E-state index contributed by atoms with van der Waals surface area (Å²) in [5, 5.41) is 13.5. The van der Waals surface area contributed by atoms with Gasteiger partial charge in [0.05, 0.1) is 17.9 Å². The van der Waals surface area contributed by atoms with Crippen LogP contribution in [0.4, 0.5) is 27.8 Å². The summed E-state index contributed by atoms with van der Waals surface area (Å²) < 4.78 is 5.94. The maximum atomic E-state index is 13.3. The number of carboxylic acids is 1. The molecule has 1 aliphatic heterocycles. The van der Waals surface area contributed by atoms with Gasteiger partial charge < -0.3 is 30.3 Å². The van der Waals surface area contributed by atoms with Gasteiger partial charge in [-0.3, -0.25) is 9.59 Å². The largest absolute Gasteiger partial charge is 0.493 e. The molecule has 0 bridgehead atoms. The molecule has 11 heteroatoms. The first-order valence-corrected chi connectivity index (χ1v) is 11.8. The number of amides is 3. The van der Waals surface area contributed by atoms with Gasteiger partial charge in [0.25, 0.3) is 5.91 Å². The standard InChI is InChI=1S/C26H28N6O5/c1-4-32-23-19(25(35)31(3)20-6-5-10-27-24(20)32)13-17(14-28-23)9-11-37-21-8-7-18(12-16(21)2)30-26(36)29-15-22(33)34/h5-8,10,12-14H,4,9,11,15H2,1-3H3,(H,33,34)(H2,29,30,36). The molecule has 0 atom stereocenters. The Hall–Kier alpha value is -4.67. The highest BCUT2D eigenvalue weighted by Gasteiger charge is 2.30. The summed E-state index contributed by atoms with van der Waals surface area (Å²) in [4.78, 5) is 48.2. The Morgan fingerprint density at radius 3 is 2.68 bits per heavy atom. The maximum absolute atomic E-state index is 13.3. The highest BCUT2D eigenvalue weighted by molar-refractivity contribution is 6.12. The molecule has 0 unspecified atom stereocenters. The van der Waals surface area contributed by atoms with Crippen LogP contribution in [0.25, 0.3) is 0 Å². The lowest BCUT2D eigenvalue weighted by molar-refractivity contribution is -0.135. The van der Waals surface area contributed by atoms with E-state index in [2.05, 4.69) is 20.6 Å². The molecule has 0 fully saturated rings. The lowest BCUT2D eigenvalue weighted by Gasteiger charge is -2.22. The zero-order valence-corrected chi connectivity index (χ0v) is 20.8. The minimum atomic E-state index is -1.12. The van der Waals surface area contributed by atoms with Gasteiger partial charge in [-0.15, -0.1) is 0 Å². The van der Waals surface area contributed by atoms with E-state index < -0.39 is 18.5 Å². The monoisotopic (exact) mass is 504 g/mol. The third-order valence-electron chi connectivity index (χ3n) is 5.89. The number of pyridine rings is 2. The molecule has 2 aromatic heterocycles. The molecule has 3 amide bonds. The van der Waals surface area contributed by atoms with Gasteiger partial charge in [-0.2, -0.15) is 0 Å². The third-order valence-corrected chi connectivity index (χ3v) is 5.89. The summed E-state index contributed by atoms with van der Waals surface area (Å²) in [6.45, 7) is 4.34. The summed E-state index contributed by atoms with van der Waals surface area (Å²) in [6, 6.07) is 10.1. The van der Waals surface area contributed by atoms with Crippen LogP contribution in [0.5, 0.6) is 5.75 Å². The molecule has 3 N–H and O–H groups in total. The quantitative estimate of drug-likeness (QED) is 0.425. The van der Waals surface area contributed by atoms with Crippen molar-refractivity contribution >= 4 is 40.9 Å². The van der Waals surface area contributed by atoms with E-state index in [0.717, 1.165) is 16.8 Å². The lowest BCUT2D eigenvalue weighted by atomic mass is 10.1. The summed E-state index contributed by atoms with van der Waals surface area (Å²) in [5.41, 5.74) is 3.41. The number of aryl methyl sites for hydroxylation is 1. The molecule has 4 rings (SSSR count). The maximum Gasteiger partial charge on any atom is 0.323 e. The Kier molecular flexibility index (Phi) is 7.52. The number of rotatable bonds is 8. The predicted octanol–water partition coefficient (Wildman–Crippen LogP) is 3.36. The number of hydrogen-bond acceptors (Lipinski definition) is 7. The molecular weight excluding hydrogens is 476 g/mol. The molecule has 37 heavy (non-hydrogen) atoms. The molecule has 0 radical (unpaired) electrons. The van der Waals surface area contributed by atoms with E-state index in [9.17, 15) is 14.4 Å². The molecule has 0 aliphatic carbocycles. The highest BCUT2D eigenvalue weighted by atomic mass is 16.5. The van der Waals surface area contributed by atoms with Crippen LogP contribution in [0, 0.1) is 6.92 Å². The summed E-state index contributed by atoms with van der Waals surface area (Å²) >= 11 is 0. The molecule has 1 aromatic carbocycles. The Morgan fingerprint density at radius 2 is 1.95 bits per heavy atom.